The highest BCUT2D eigenvalue weighted by molar-refractivity contribution is 8.00. The van der Waals surface area contributed by atoms with Gasteiger partial charge in [0.05, 0.1) is 12.8 Å². The number of methoxy groups -OCH3 is 1. The number of carbonyl (C=O) groups excluding carboxylic acids is 1. The highest BCUT2D eigenvalue weighted by atomic mass is 32.2. The fraction of sp³-hybridized carbons (Fsp3) is 0.357. The number of rotatable bonds is 6. The Kier molecular flexibility index (Phi) is 5.51. The summed E-state index contributed by atoms with van der Waals surface area (Å²) in [6.07, 6.45) is 0.453. The summed E-state index contributed by atoms with van der Waals surface area (Å²) in [5.41, 5.74) is 5.90. The third-order valence-electron chi connectivity index (χ3n) is 2.98. The summed E-state index contributed by atoms with van der Waals surface area (Å²) in [6, 6.07) is 6.32. The molecule has 1 aromatic heterocycles. The number of benzene rings is 1. The molecule has 0 unspecified atom stereocenters. The van der Waals surface area contributed by atoms with Gasteiger partial charge in [0.25, 0.3) is 0 Å². The van der Waals surface area contributed by atoms with Crippen LogP contribution in [0.4, 0.5) is 4.39 Å². The molecule has 2 rings (SSSR count). The molecule has 0 spiro atoms. The lowest BCUT2D eigenvalue weighted by atomic mass is 10.3. The van der Waals surface area contributed by atoms with E-state index in [0.717, 1.165) is 11.8 Å². The van der Waals surface area contributed by atoms with Gasteiger partial charge in [0.2, 0.25) is 0 Å². The SMILES string of the molecule is COC(=O)[C@@H](C)Sc1nnc(CCN)n1-c1ccccc1F. The predicted octanol–water partition coefficient (Wildman–Crippen LogP) is 1.56. The molecule has 0 radical (unpaired) electrons. The number of thioether (sulfide) groups is 1. The molecule has 0 saturated heterocycles. The summed E-state index contributed by atoms with van der Waals surface area (Å²) in [6.45, 7) is 2.06. The Bertz CT molecular complexity index is 662. The lowest BCUT2D eigenvalue weighted by molar-refractivity contribution is -0.139. The van der Waals surface area contributed by atoms with E-state index in [1.54, 1.807) is 29.7 Å². The normalized spacial score (nSPS) is 12.2. The van der Waals surface area contributed by atoms with Crippen LogP contribution in [0.25, 0.3) is 5.69 Å². The van der Waals surface area contributed by atoms with Crippen molar-refractivity contribution in [1.29, 1.82) is 0 Å². The van der Waals surface area contributed by atoms with E-state index in [1.807, 2.05) is 0 Å². The van der Waals surface area contributed by atoms with Gasteiger partial charge in [-0.15, -0.1) is 10.2 Å². The van der Waals surface area contributed by atoms with Crippen molar-refractivity contribution in [2.75, 3.05) is 13.7 Å². The molecule has 0 saturated carbocycles. The predicted molar refractivity (Wildman–Crippen MR) is 81.4 cm³/mol. The highest BCUT2D eigenvalue weighted by Crippen LogP contribution is 2.27. The Morgan fingerprint density at radius 1 is 1.45 bits per heavy atom. The molecule has 0 fully saturated rings. The lowest BCUT2D eigenvalue weighted by Crippen LogP contribution is -2.16. The number of halogens is 1. The Labute approximate surface area is 131 Å². The van der Waals surface area contributed by atoms with E-state index in [-0.39, 0.29) is 5.97 Å². The average Bonchev–Trinajstić information content (AvgIpc) is 2.90. The van der Waals surface area contributed by atoms with Crippen LogP contribution in [-0.4, -0.2) is 39.6 Å². The van der Waals surface area contributed by atoms with Crippen molar-refractivity contribution in [3.8, 4) is 5.69 Å². The zero-order chi connectivity index (χ0) is 16.1. The number of esters is 1. The number of nitrogens with two attached hydrogens (primary N) is 1. The van der Waals surface area contributed by atoms with Gasteiger partial charge in [-0.05, 0) is 25.6 Å². The number of nitrogens with zero attached hydrogens (tertiary/aromatic N) is 3. The third kappa shape index (κ3) is 3.45. The molecule has 2 N–H and O–H groups in total. The monoisotopic (exact) mass is 324 g/mol. The van der Waals surface area contributed by atoms with Crippen LogP contribution in [0, 0.1) is 5.82 Å². The van der Waals surface area contributed by atoms with Gasteiger partial charge in [-0.1, -0.05) is 23.9 Å². The maximum atomic E-state index is 14.1. The van der Waals surface area contributed by atoms with Crippen LogP contribution in [0.2, 0.25) is 0 Å². The number of para-hydroxylation sites is 1. The minimum atomic E-state index is -0.481. The van der Waals surface area contributed by atoms with Crippen LogP contribution >= 0.6 is 11.8 Å². The average molecular weight is 324 g/mol. The van der Waals surface area contributed by atoms with E-state index >= 15 is 0 Å². The molecule has 0 aliphatic carbocycles. The van der Waals surface area contributed by atoms with Crippen LogP contribution in [0.15, 0.2) is 29.4 Å². The number of hydrogen-bond donors (Lipinski definition) is 1. The van der Waals surface area contributed by atoms with Crippen LogP contribution in [0.5, 0.6) is 0 Å². The van der Waals surface area contributed by atoms with E-state index in [4.69, 9.17) is 10.5 Å². The molecule has 0 aliphatic heterocycles. The van der Waals surface area contributed by atoms with Crippen molar-refractivity contribution in [2.24, 2.45) is 5.73 Å². The number of hydrogen-bond acceptors (Lipinski definition) is 6. The van der Waals surface area contributed by atoms with Gasteiger partial charge < -0.3 is 10.5 Å². The maximum absolute atomic E-state index is 14.1. The molecule has 2 aromatic rings. The summed E-state index contributed by atoms with van der Waals surface area (Å²) < 4.78 is 20.4. The van der Waals surface area contributed by atoms with E-state index in [1.165, 1.54) is 13.2 Å². The Hall–Kier alpha value is -1.93. The minimum Gasteiger partial charge on any atom is -0.468 e. The van der Waals surface area contributed by atoms with Crippen LogP contribution in [0.1, 0.15) is 12.7 Å². The van der Waals surface area contributed by atoms with Crippen molar-refractivity contribution < 1.29 is 13.9 Å². The molecule has 1 atom stereocenters. The quantitative estimate of drug-likeness (QED) is 0.641. The Morgan fingerprint density at radius 3 is 2.82 bits per heavy atom. The largest absolute Gasteiger partial charge is 0.468 e. The zero-order valence-corrected chi connectivity index (χ0v) is 13.1. The maximum Gasteiger partial charge on any atom is 0.318 e. The van der Waals surface area contributed by atoms with E-state index in [2.05, 4.69) is 10.2 Å². The second kappa shape index (κ2) is 7.37. The Balaban J connectivity index is 2.43. The molecule has 118 valence electrons. The highest BCUT2D eigenvalue weighted by Gasteiger charge is 2.22. The first kappa shape index (κ1) is 16.4. The first-order valence-corrected chi connectivity index (χ1v) is 7.60. The molecule has 8 heteroatoms. The molecule has 0 amide bonds. The summed E-state index contributed by atoms with van der Waals surface area (Å²) in [5, 5.41) is 8.05. The van der Waals surface area contributed by atoms with Crippen molar-refractivity contribution in [3.63, 3.8) is 0 Å². The van der Waals surface area contributed by atoms with Crippen LogP contribution in [-0.2, 0) is 16.0 Å². The first-order chi connectivity index (χ1) is 10.6. The third-order valence-corrected chi connectivity index (χ3v) is 4.00. The zero-order valence-electron chi connectivity index (χ0n) is 12.3. The summed E-state index contributed by atoms with van der Waals surface area (Å²) in [4.78, 5) is 11.6. The van der Waals surface area contributed by atoms with Crippen molar-refractivity contribution in [3.05, 3.63) is 35.9 Å². The molecule has 1 aromatic carbocycles. The van der Waals surface area contributed by atoms with Crippen LogP contribution in [0.3, 0.4) is 0 Å². The second-order valence-corrected chi connectivity index (χ2v) is 5.82. The second-order valence-electron chi connectivity index (χ2n) is 4.51. The number of carbonyl (C=O) groups is 1. The van der Waals surface area contributed by atoms with Gasteiger partial charge in [-0.2, -0.15) is 0 Å². The molecule has 0 aliphatic rings. The minimum absolute atomic E-state index is 0.329. The van der Waals surface area contributed by atoms with Gasteiger partial charge in [0, 0.05) is 6.42 Å². The van der Waals surface area contributed by atoms with Gasteiger partial charge >= 0.3 is 5.97 Å². The first-order valence-electron chi connectivity index (χ1n) is 6.72. The van der Waals surface area contributed by atoms with E-state index in [9.17, 15) is 9.18 Å². The van der Waals surface area contributed by atoms with Crippen molar-refractivity contribution in [2.45, 2.75) is 23.8 Å². The molecular weight excluding hydrogens is 307 g/mol. The van der Waals surface area contributed by atoms with Gasteiger partial charge in [-0.3, -0.25) is 9.36 Å². The summed E-state index contributed by atoms with van der Waals surface area (Å²) >= 11 is 1.16. The molecule has 1 heterocycles. The van der Waals surface area contributed by atoms with Crippen LogP contribution < -0.4 is 5.73 Å². The standard InChI is InChI=1S/C14H17FN4O2S/c1-9(13(20)21-2)22-14-18-17-12(7-8-16)19(14)11-6-4-3-5-10(11)15/h3-6,9H,7-8,16H2,1-2H3/t9-/m1/s1. The molecule has 22 heavy (non-hydrogen) atoms. The summed E-state index contributed by atoms with van der Waals surface area (Å²) in [7, 11) is 1.32. The van der Waals surface area contributed by atoms with E-state index < -0.39 is 11.1 Å². The fourth-order valence-corrected chi connectivity index (χ4v) is 2.82. The van der Waals surface area contributed by atoms with Gasteiger partial charge in [-0.25, -0.2) is 4.39 Å². The topological polar surface area (TPSA) is 83.0 Å². The molecular formula is C14H17FN4O2S. The van der Waals surface area contributed by atoms with Gasteiger partial charge in [0.15, 0.2) is 5.16 Å². The van der Waals surface area contributed by atoms with Gasteiger partial charge in [0.1, 0.15) is 16.9 Å². The summed E-state index contributed by atoms with van der Waals surface area (Å²) in [5.74, 6) is -0.228. The smallest absolute Gasteiger partial charge is 0.318 e. The molecule has 6 nitrogen and oxygen atoms in total. The number of aromatic nitrogens is 3. The number of ether oxygens (including phenoxy) is 1. The lowest BCUT2D eigenvalue weighted by Gasteiger charge is -2.12. The fourth-order valence-electron chi connectivity index (χ4n) is 1.91. The molecule has 0 bridgehead atoms. The van der Waals surface area contributed by atoms with Crippen molar-refractivity contribution >= 4 is 17.7 Å². The van der Waals surface area contributed by atoms with Crippen molar-refractivity contribution in [1.82, 2.24) is 14.8 Å². The Morgan fingerprint density at radius 2 is 2.18 bits per heavy atom. The van der Waals surface area contributed by atoms with E-state index in [0.29, 0.717) is 29.6 Å².